The van der Waals surface area contributed by atoms with E-state index >= 15 is 0 Å². The van der Waals surface area contributed by atoms with Gasteiger partial charge in [-0.2, -0.15) is 0 Å². The zero-order chi connectivity index (χ0) is 24.1. The molecule has 9 nitrogen and oxygen atoms in total. The average molecular weight is 458 g/mol. The van der Waals surface area contributed by atoms with Crippen LogP contribution in [-0.2, 0) is 6.54 Å². The van der Waals surface area contributed by atoms with Crippen LogP contribution < -0.4 is 26.4 Å². The lowest BCUT2D eigenvalue weighted by atomic mass is 10.0. The highest BCUT2D eigenvalue weighted by atomic mass is 16.2. The van der Waals surface area contributed by atoms with Crippen LogP contribution in [0.5, 0.6) is 0 Å². The third-order valence-corrected chi connectivity index (χ3v) is 6.88. The number of hydrogen-bond acceptors (Lipinski definition) is 9. The van der Waals surface area contributed by atoms with Crippen LogP contribution in [0.15, 0.2) is 15.8 Å². The van der Waals surface area contributed by atoms with E-state index in [0.29, 0.717) is 30.0 Å². The second kappa shape index (κ2) is 11.1. The minimum Gasteiger partial charge on any atom is -0.383 e. The highest BCUT2D eigenvalue weighted by Gasteiger charge is 2.30. The number of rotatable bonds is 11. The number of piperazine rings is 1. The van der Waals surface area contributed by atoms with E-state index in [9.17, 15) is 9.59 Å². The van der Waals surface area contributed by atoms with Gasteiger partial charge in [0, 0.05) is 38.8 Å². The zero-order valence-corrected chi connectivity index (χ0v) is 20.9. The lowest BCUT2D eigenvalue weighted by molar-refractivity contribution is 0.110. The third-order valence-electron chi connectivity index (χ3n) is 6.88. The maximum absolute atomic E-state index is 11.7. The summed E-state index contributed by atoms with van der Waals surface area (Å²) >= 11 is 0. The van der Waals surface area contributed by atoms with Crippen molar-refractivity contribution in [3.05, 3.63) is 38.0 Å². The fraction of sp³-hybridized carbons (Fsp3) is 0.667. The molecule has 2 unspecified atom stereocenters. The summed E-state index contributed by atoms with van der Waals surface area (Å²) in [4.78, 5) is 40.1. The molecular formula is C24H39N7O2. The van der Waals surface area contributed by atoms with Crippen molar-refractivity contribution in [1.82, 2.24) is 19.8 Å². The SMILES string of the molecule is CCC(CCN(C)CC)N1CCN(c2ncc(CNc3c(NC)c(=O)c3=O)nc2C)CC1C. The molecule has 2 heterocycles. The highest BCUT2D eigenvalue weighted by molar-refractivity contribution is 5.73. The molecule has 1 aromatic heterocycles. The van der Waals surface area contributed by atoms with Crippen molar-refractivity contribution in [2.24, 2.45) is 0 Å². The fourth-order valence-electron chi connectivity index (χ4n) is 4.74. The first kappa shape index (κ1) is 25.1. The lowest BCUT2D eigenvalue weighted by Crippen LogP contribution is -2.56. The van der Waals surface area contributed by atoms with Crippen LogP contribution in [0, 0.1) is 6.92 Å². The minimum atomic E-state index is -0.487. The van der Waals surface area contributed by atoms with Gasteiger partial charge in [0.1, 0.15) is 17.2 Å². The Labute approximate surface area is 196 Å². The molecule has 1 saturated heterocycles. The Morgan fingerprint density at radius 2 is 1.94 bits per heavy atom. The van der Waals surface area contributed by atoms with Crippen molar-refractivity contribution in [2.75, 3.05) is 62.4 Å². The molecule has 1 fully saturated rings. The summed E-state index contributed by atoms with van der Waals surface area (Å²) in [6, 6.07) is 1.06. The van der Waals surface area contributed by atoms with Gasteiger partial charge in [-0.3, -0.25) is 19.5 Å². The number of anilines is 3. The van der Waals surface area contributed by atoms with E-state index < -0.39 is 10.9 Å². The molecule has 0 amide bonds. The van der Waals surface area contributed by atoms with Crippen molar-refractivity contribution in [3.8, 4) is 0 Å². The quantitative estimate of drug-likeness (QED) is 0.489. The Bertz CT molecular complexity index is 1000. The smallest absolute Gasteiger partial charge is 0.253 e. The van der Waals surface area contributed by atoms with Gasteiger partial charge in [0.15, 0.2) is 0 Å². The van der Waals surface area contributed by atoms with E-state index in [1.165, 1.54) is 12.8 Å². The van der Waals surface area contributed by atoms with Gasteiger partial charge in [0.05, 0.1) is 24.1 Å². The van der Waals surface area contributed by atoms with E-state index in [-0.39, 0.29) is 0 Å². The van der Waals surface area contributed by atoms with Crippen LogP contribution in [0.2, 0.25) is 0 Å². The largest absolute Gasteiger partial charge is 0.383 e. The van der Waals surface area contributed by atoms with Crippen LogP contribution in [0.25, 0.3) is 0 Å². The maximum atomic E-state index is 11.7. The monoisotopic (exact) mass is 457 g/mol. The number of nitrogens with zero attached hydrogens (tertiary/aromatic N) is 5. The topological polar surface area (TPSA) is 93.7 Å². The summed E-state index contributed by atoms with van der Waals surface area (Å²) in [6.07, 6.45) is 4.13. The van der Waals surface area contributed by atoms with E-state index in [4.69, 9.17) is 9.97 Å². The maximum Gasteiger partial charge on any atom is 0.253 e. The predicted octanol–water partition coefficient (Wildman–Crippen LogP) is 1.67. The van der Waals surface area contributed by atoms with Gasteiger partial charge >= 0.3 is 0 Å². The number of nitrogens with one attached hydrogen (secondary N) is 2. The molecule has 182 valence electrons. The number of aryl methyl sites for hydroxylation is 1. The predicted molar refractivity (Wildman–Crippen MR) is 135 cm³/mol. The van der Waals surface area contributed by atoms with E-state index in [1.54, 1.807) is 13.2 Å². The first-order valence-electron chi connectivity index (χ1n) is 12.1. The molecule has 33 heavy (non-hydrogen) atoms. The molecule has 1 aliphatic rings. The Morgan fingerprint density at radius 1 is 1.21 bits per heavy atom. The lowest BCUT2D eigenvalue weighted by Gasteiger charge is -2.44. The molecule has 0 saturated carbocycles. The average Bonchev–Trinajstić information content (AvgIpc) is 2.82. The van der Waals surface area contributed by atoms with Gasteiger partial charge in [0.2, 0.25) is 0 Å². The van der Waals surface area contributed by atoms with Crippen LogP contribution >= 0.6 is 0 Å². The van der Waals surface area contributed by atoms with Gasteiger partial charge in [-0.1, -0.05) is 13.8 Å². The second-order valence-corrected chi connectivity index (χ2v) is 9.06. The van der Waals surface area contributed by atoms with E-state index in [0.717, 1.165) is 49.9 Å². The van der Waals surface area contributed by atoms with Crippen molar-refractivity contribution in [2.45, 2.75) is 59.2 Å². The Morgan fingerprint density at radius 3 is 2.55 bits per heavy atom. The minimum absolute atomic E-state index is 0.326. The molecule has 3 rings (SSSR count). The summed E-state index contributed by atoms with van der Waals surface area (Å²) in [5.74, 6) is 0.925. The van der Waals surface area contributed by atoms with Crippen molar-refractivity contribution in [3.63, 3.8) is 0 Å². The molecule has 2 atom stereocenters. The van der Waals surface area contributed by atoms with Gasteiger partial charge in [-0.25, -0.2) is 4.98 Å². The molecule has 0 aliphatic carbocycles. The highest BCUT2D eigenvalue weighted by Crippen LogP contribution is 2.23. The molecule has 0 bridgehead atoms. The van der Waals surface area contributed by atoms with Gasteiger partial charge < -0.3 is 20.4 Å². The van der Waals surface area contributed by atoms with E-state index in [2.05, 4.69) is 53.2 Å². The summed E-state index contributed by atoms with van der Waals surface area (Å²) < 4.78 is 0. The van der Waals surface area contributed by atoms with Gasteiger partial charge in [-0.05, 0) is 46.8 Å². The number of aromatic nitrogens is 2. The molecule has 2 aromatic rings. The molecule has 9 heteroatoms. The zero-order valence-electron chi connectivity index (χ0n) is 20.9. The summed E-state index contributed by atoms with van der Waals surface area (Å²) in [6.45, 7) is 14.3. The van der Waals surface area contributed by atoms with Crippen molar-refractivity contribution in [1.29, 1.82) is 0 Å². The summed E-state index contributed by atoms with van der Waals surface area (Å²) in [7, 11) is 3.82. The second-order valence-electron chi connectivity index (χ2n) is 9.06. The van der Waals surface area contributed by atoms with Crippen LogP contribution in [0.1, 0.15) is 45.0 Å². The van der Waals surface area contributed by atoms with Crippen LogP contribution in [0.3, 0.4) is 0 Å². The molecular weight excluding hydrogens is 418 g/mol. The fourth-order valence-corrected chi connectivity index (χ4v) is 4.74. The first-order chi connectivity index (χ1) is 15.8. The Balaban J connectivity index is 1.60. The normalized spacial score (nSPS) is 18.2. The first-order valence-corrected chi connectivity index (χ1v) is 12.1. The molecule has 0 radical (unpaired) electrons. The molecule has 1 aliphatic heterocycles. The van der Waals surface area contributed by atoms with Crippen molar-refractivity contribution < 1.29 is 0 Å². The Kier molecular flexibility index (Phi) is 8.42. The van der Waals surface area contributed by atoms with Gasteiger partial charge in [-0.15, -0.1) is 0 Å². The Hall–Kier alpha value is -2.52. The van der Waals surface area contributed by atoms with Crippen molar-refractivity contribution >= 4 is 17.2 Å². The molecule has 2 N–H and O–H groups in total. The summed E-state index contributed by atoms with van der Waals surface area (Å²) in [5, 5.41) is 5.78. The standard InChI is InChI=1S/C24H39N7O2/c1-7-19(9-10-29(6)8-2)31-12-11-30(15-16(31)3)24-17(4)28-18(14-27-24)13-26-21-20(25-5)22(32)23(21)33/h14,16,19,25-26H,7-13,15H2,1-6H3. The third kappa shape index (κ3) is 5.52. The molecule has 0 spiro atoms. The van der Waals surface area contributed by atoms with E-state index in [1.807, 2.05) is 6.92 Å². The summed E-state index contributed by atoms with van der Waals surface area (Å²) in [5.41, 5.74) is 1.31. The van der Waals surface area contributed by atoms with Crippen LogP contribution in [-0.4, -0.2) is 78.7 Å². The number of hydrogen-bond donors (Lipinski definition) is 2. The van der Waals surface area contributed by atoms with Gasteiger partial charge in [0.25, 0.3) is 10.9 Å². The van der Waals surface area contributed by atoms with Crippen LogP contribution in [0.4, 0.5) is 17.2 Å². The molecule has 1 aromatic carbocycles.